The van der Waals surface area contributed by atoms with Crippen LogP contribution in [0.2, 0.25) is 0 Å². The highest BCUT2D eigenvalue weighted by Gasteiger charge is 2.44. The molecule has 8 heteroatoms. The number of carbonyl (C=O) groups is 2. The Morgan fingerprint density at radius 3 is 2.65 bits per heavy atom. The lowest BCUT2D eigenvalue weighted by molar-refractivity contribution is -0.385. The summed E-state index contributed by atoms with van der Waals surface area (Å²) < 4.78 is 5.01. The first kappa shape index (κ1) is 13.9. The second-order valence-electron chi connectivity index (χ2n) is 4.42. The lowest BCUT2D eigenvalue weighted by Crippen LogP contribution is -2.55. The predicted octanol–water partition coefficient (Wildman–Crippen LogP) is 0.568. The third-order valence-corrected chi connectivity index (χ3v) is 3.13. The average Bonchev–Trinajstić information content (AvgIpc) is 2.88. The van der Waals surface area contributed by atoms with Crippen LogP contribution in [0.3, 0.4) is 0 Å². The third kappa shape index (κ3) is 2.45. The Labute approximate surface area is 113 Å². The Bertz CT molecular complexity index is 565. The van der Waals surface area contributed by atoms with E-state index in [2.05, 4.69) is 5.32 Å². The van der Waals surface area contributed by atoms with Crippen LogP contribution < -0.4 is 5.32 Å². The van der Waals surface area contributed by atoms with Crippen molar-refractivity contribution in [3.63, 3.8) is 0 Å². The molecule has 1 aromatic carbocycles. The molecule has 0 saturated carbocycles. The molecule has 0 bridgehead atoms. The molecule has 106 valence electrons. The van der Waals surface area contributed by atoms with E-state index >= 15 is 0 Å². The van der Waals surface area contributed by atoms with Gasteiger partial charge in [-0.15, -0.1) is 0 Å². The Kier molecular flexibility index (Phi) is 3.66. The average molecular weight is 280 g/mol. The first-order chi connectivity index (χ1) is 9.46. The number of nitro groups is 1. The number of rotatable bonds is 4. The van der Waals surface area contributed by atoms with E-state index in [0.29, 0.717) is 0 Å². The molecule has 1 saturated heterocycles. The van der Waals surface area contributed by atoms with Gasteiger partial charge in [0.05, 0.1) is 11.5 Å². The van der Waals surface area contributed by atoms with Crippen molar-refractivity contribution >= 4 is 17.6 Å². The van der Waals surface area contributed by atoms with E-state index in [-0.39, 0.29) is 30.9 Å². The van der Waals surface area contributed by atoms with E-state index in [0.717, 1.165) is 0 Å². The van der Waals surface area contributed by atoms with E-state index in [1.54, 1.807) is 0 Å². The van der Waals surface area contributed by atoms with E-state index in [1.165, 1.54) is 24.3 Å². The lowest BCUT2D eigenvalue weighted by Gasteiger charge is -2.23. The molecule has 1 atom stereocenters. The number of carboxylic acid groups (broad SMARTS) is 1. The summed E-state index contributed by atoms with van der Waals surface area (Å²) in [5.41, 5.74) is -2.07. The number of para-hydroxylation sites is 1. The zero-order chi connectivity index (χ0) is 14.8. The van der Waals surface area contributed by atoms with Gasteiger partial charge in [0.1, 0.15) is 5.56 Å². The van der Waals surface area contributed by atoms with E-state index < -0.39 is 22.3 Å². The second-order valence-corrected chi connectivity index (χ2v) is 4.42. The fourth-order valence-corrected chi connectivity index (χ4v) is 2.00. The summed E-state index contributed by atoms with van der Waals surface area (Å²) in [6.07, 6.45) is 0.120. The van der Waals surface area contributed by atoms with Gasteiger partial charge in [0.2, 0.25) is 0 Å². The van der Waals surface area contributed by atoms with Gasteiger partial charge in [-0.2, -0.15) is 0 Å². The smallest absolute Gasteiger partial charge is 0.331 e. The fourth-order valence-electron chi connectivity index (χ4n) is 2.00. The molecule has 0 radical (unpaired) electrons. The Morgan fingerprint density at radius 2 is 2.10 bits per heavy atom. The molecule has 1 unspecified atom stereocenters. The molecule has 1 amide bonds. The predicted molar refractivity (Wildman–Crippen MR) is 66.4 cm³/mol. The fraction of sp³-hybridized carbons (Fsp3) is 0.333. The Hall–Kier alpha value is -2.48. The summed E-state index contributed by atoms with van der Waals surface area (Å²) in [5, 5.41) is 22.4. The number of carboxylic acids is 1. The highest BCUT2D eigenvalue weighted by atomic mass is 16.6. The molecule has 20 heavy (non-hydrogen) atoms. The minimum absolute atomic E-state index is 0.120. The highest BCUT2D eigenvalue weighted by molar-refractivity contribution is 6.01. The first-order valence-corrected chi connectivity index (χ1v) is 5.83. The lowest BCUT2D eigenvalue weighted by atomic mass is 9.98. The van der Waals surface area contributed by atoms with Crippen molar-refractivity contribution in [1.82, 2.24) is 5.32 Å². The number of nitro benzene ring substituents is 1. The van der Waals surface area contributed by atoms with Crippen molar-refractivity contribution in [2.45, 2.75) is 12.0 Å². The first-order valence-electron chi connectivity index (χ1n) is 5.83. The molecule has 8 nitrogen and oxygen atoms in total. The number of hydrogen-bond donors (Lipinski definition) is 2. The van der Waals surface area contributed by atoms with Gasteiger partial charge in [-0.25, -0.2) is 4.79 Å². The van der Waals surface area contributed by atoms with Gasteiger partial charge in [-0.1, -0.05) is 12.1 Å². The number of hydrogen-bond acceptors (Lipinski definition) is 5. The van der Waals surface area contributed by atoms with Gasteiger partial charge < -0.3 is 15.2 Å². The van der Waals surface area contributed by atoms with Gasteiger partial charge >= 0.3 is 5.97 Å². The summed E-state index contributed by atoms with van der Waals surface area (Å²) in [7, 11) is 0. The van der Waals surface area contributed by atoms with Crippen LogP contribution in [-0.2, 0) is 9.53 Å². The van der Waals surface area contributed by atoms with Gasteiger partial charge in [0.25, 0.3) is 11.6 Å². The molecule has 1 fully saturated rings. The molecule has 1 aliphatic rings. The zero-order valence-corrected chi connectivity index (χ0v) is 10.4. The van der Waals surface area contributed by atoms with Gasteiger partial charge in [-0.3, -0.25) is 14.9 Å². The van der Waals surface area contributed by atoms with Crippen LogP contribution in [0.15, 0.2) is 24.3 Å². The van der Waals surface area contributed by atoms with Crippen LogP contribution in [0.5, 0.6) is 0 Å². The zero-order valence-electron chi connectivity index (χ0n) is 10.4. The number of nitrogens with zero attached hydrogens (tertiary/aromatic N) is 1. The molecule has 0 aromatic heterocycles. The topological polar surface area (TPSA) is 119 Å². The van der Waals surface area contributed by atoms with Gasteiger partial charge in [0, 0.05) is 19.1 Å². The van der Waals surface area contributed by atoms with Crippen LogP contribution in [0.4, 0.5) is 5.69 Å². The standard InChI is InChI=1S/C12H12N2O6/c15-10(8-3-1-2-4-9(8)14(18)19)13-12(11(16)17)5-6-20-7-12/h1-4H,5-7H2,(H,13,15)(H,16,17). The van der Waals surface area contributed by atoms with Crippen molar-refractivity contribution in [3.8, 4) is 0 Å². The summed E-state index contributed by atoms with van der Waals surface area (Å²) in [6, 6.07) is 5.37. The maximum Gasteiger partial charge on any atom is 0.331 e. The van der Waals surface area contributed by atoms with E-state index in [1.807, 2.05) is 0 Å². The number of nitrogens with one attached hydrogen (secondary N) is 1. The monoisotopic (exact) mass is 280 g/mol. The van der Waals surface area contributed by atoms with Crippen LogP contribution >= 0.6 is 0 Å². The number of ether oxygens (including phenoxy) is 1. The Morgan fingerprint density at radius 1 is 1.40 bits per heavy atom. The minimum Gasteiger partial charge on any atom is -0.479 e. The molecule has 0 aliphatic carbocycles. The number of aliphatic carboxylic acids is 1. The summed E-state index contributed by atoms with van der Waals surface area (Å²) in [5.74, 6) is -2.02. The van der Waals surface area contributed by atoms with Crippen LogP contribution in [0.1, 0.15) is 16.8 Å². The second kappa shape index (κ2) is 5.25. The molecule has 0 spiro atoms. The summed E-state index contributed by atoms with van der Waals surface area (Å²) in [4.78, 5) is 33.6. The number of amides is 1. The van der Waals surface area contributed by atoms with Crippen molar-refractivity contribution in [2.24, 2.45) is 0 Å². The van der Waals surface area contributed by atoms with E-state index in [4.69, 9.17) is 4.74 Å². The largest absolute Gasteiger partial charge is 0.479 e. The van der Waals surface area contributed by atoms with Crippen LogP contribution in [0.25, 0.3) is 0 Å². The molecular weight excluding hydrogens is 268 g/mol. The van der Waals surface area contributed by atoms with Crippen molar-refractivity contribution < 1.29 is 24.4 Å². The molecular formula is C12H12N2O6. The van der Waals surface area contributed by atoms with Gasteiger partial charge in [-0.05, 0) is 6.07 Å². The van der Waals surface area contributed by atoms with Crippen molar-refractivity contribution in [3.05, 3.63) is 39.9 Å². The SMILES string of the molecule is O=C(NC1(C(=O)O)CCOC1)c1ccccc1[N+](=O)[O-]. The molecule has 2 rings (SSSR count). The number of benzene rings is 1. The molecule has 2 N–H and O–H groups in total. The normalized spacial score (nSPS) is 21.4. The quantitative estimate of drug-likeness (QED) is 0.614. The highest BCUT2D eigenvalue weighted by Crippen LogP contribution is 2.22. The maximum atomic E-state index is 12.1. The number of carbonyl (C=O) groups excluding carboxylic acids is 1. The van der Waals surface area contributed by atoms with Crippen molar-refractivity contribution in [1.29, 1.82) is 0 Å². The summed E-state index contributed by atoms with van der Waals surface area (Å²) in [6.45, 7) is 0.0537. The van der Waals surface area contributed by atoms with Crippen LogP contribution in [-0.4, -0.2) is 40.7 Å². The van der Waals surface area contributed by atoms with E-state index in [9.17, 15) is 24.8 Å². The third-order valence-electron chi connectivity index (χ3n) is 3.13. The van der Waals surface area contributed by atoms with Crippen LogP contribution in [0, 0.1) is 10.1 Å². The minimum atomic E-state index is -1.53. The Balaban J connectivity index is 2.28. The van der Waals surface area contributed by atoms with Crippen molar-refractivity contribution in [2.75, 3.05) is 13.2 Å². The molecule has 1 heterocycles. The summed E-state index contributed by atoms with van der Waals surface area (Å²) >= 11 is 0. The molecule has 1 aromatic rings. The maximum absolute atomic E-state index is 12.1. The molecule has 1 aliphatic heterocycles. The van der Waals surface area contributed by atoms with Gasteiger partial charge in [0.15, 0.2) is 5.54 Å².